The molecule has 0 spiro atoms. The maximum Gasteiger partial charge on any atom is 0.338 e. The van der Waals surface area contributed by atoms with Crippen LogP contribution in [0.3, 0.4) is 0 Å². The van der Waals surface area contributed by atoms with Gasteiger partial charge in [-0.3, -0.25) is 0 Å². The van der Waals surface area contributed by atoms with Gasteiger partial charge in [-0.25, -0.2) is 4.79 Å². The van der Waals surface area contributed by atoms with Crippen LogP contribution in [0.25, 0.3) is 0 Å². The van der Waals surface area contributed by atoms with Gasteiger partial charge in [-0.2, -0.15) is 0 Å². The number of hydrogen-bond donors (Lipinski definition) is 0. The lowest BCUT2D eigenvalue weighted by Gasteiger charge is -2.34. The zero-order valence-electron chi connectivity index (χ0n) is 14.5. The maximum atomic E-state index is 11.4. The fourth-order valence-electron chi connectivity index (χ4n) is 2.26. The number of carbonyl (C=O) groups excluding carboxylic acids is 1. The second-order valence-corrected chi connectivity index (χ2v) is 9.31. The van der Waals surface area contributed by atoms with E-state index in [0.29, 0.717) is 12.2 Å². The van der Waals surface area contributed by atoms with Crippen molar-refractivity contribution in [3.63, 3.8) is 0 Å². The summed E-state index contributed by atoms with van der Waals surface area (Å²) in [6, 6.07) is 1.82. The third kappa shape index (κ3) is 9.06. The molecule has 0 unspecified atom stereocenters. The van der Waals surface area contributed by atoms with Crippen LogP contribution < -0.4 is 0 Å². The van der Waals surface area contributed by atoms with Crippen LogP contribution in [0, 0.1) is 0 Å². The number of carbonyl (C=O) groups is 1. The van der Waals surface area contributed by atoms with E-state index in [2.05, 4.69) is 13.5 Å². The van der Waals surface area contributed by atoms with Crippen LogP contribution in [0.2, 0.25) is 12.1 Å². The van der Waals surface area contributed by atoms with E-state index >= 15 is 0 Å². The molecule has 0 rings (SSSR count). The molecule has 5 heteroatoms. The predicted octanol–water partition coefficient (Wildman–Crippen LogP) is 4.20. The van der Waals surface area contributed by atoms with Gasteiger partial charge in [0.05, 0.1) is 6.61 Å². The SMILES string of the molecule is C=C(C)C(=O)OCCC[Si](CCC)(OC(C)C)OC(C)C. The van der Waals surface area contributed by atoms with Crippen molar-refractivity contribution in [2.45, 2.75) is 78.7 Å². The van der Waals surface area contributed by atoms with E-state index < -0.39 is 8.56 Å². The van der Waals surface area contributed by atoms with Gasteiger partial charge >= 0.3 is 14.5 Å². The van der Waals surface area contributed by atoms with Crippen LogP contribution >= 0.6 is 0 Å². The van der Waals surface area contributed by atoms with Crippen LogP contribution in [0.4, 0.5) is 0 Å². The number of rotatable bonds is 11. The Hall–Kier alpha value is -0.653. The highest BCUT2D eigenvalue weighted by molar-refractivity contribution is 6.67. The van der Waals surface area contributed by atoms with Crippen molar-refractivity contribution in [1.29, 1.82) is 0 Å². The minimum atomic E-state index is -2.23. The minimum absolute atomic E-state index is 0.153. The quantitative estimate of drug-likeness (QED) is 0.248. The van der Waals surface area contributed by atoms with Gasteiger partial charge < -0.3 is 13.6 Å². The molecule has 0 aliphatic heterocycles. The summed E-state index contributed by atoms with van der Waals surface area (Å²) in [7, 11) is -2.23. The fraction of sp³-hybridized carbons (Fsp3) is 0.812. The highest BCUT2D eigenvalue weighted by Crippen LogP contribution is 2.26. The topological polar surface area (TPSA) is 44.8 Å². The molecule has 0 saturated heterocycles. The lowest BCUT2D eigenvalue weighted by atomic mass is 10.4. The number of hydrogen-bond acceptors (Lipinski definition) is 4. The van der Waals surface area contributed by atoms with Crippen molar-refractivity contribution in [3.05, 3.63) is 12.2 Å². The molecule has 0 fully saturated rings. The molecule has 0 aromatic rings. The van der Waals surface area contributed by atoms with Gasteiger partial charge in [0.25, 0.3) is 0 Å². The molecule has 0 bridgehead atoms. The second-order valence-electron chi connectivity index (χ2n) is 6.01. The molecule has 0 amide bonds. The molecule has 0 radical (unpaired) electrons. The van der Waals surface area contributed by atoms with Gasteiger partial charge in [0.2, 0.25) is 0 Å². The molecular weight excluding hydrogens is 284 g/mol. The molecule has 0 aliphatic carbocycles. The summed E-state index contributed by atoms with van der Waals surface area (Å²) in [4.78, 5) is 11.4. The Morgan fingerprint density at radius 1 is 1.10 bits per heavy atom. The van der Waals surface area contributed by atoms with Crippen LogP contribution in [-0.4, -0.2) is 33.3 Å². The molecule has 0 N–H and O–H groups in total. The van der Waals surface area contributed by atoms with Crippen molar-refractivity contribution >= 4 is 14.5 Å². The lowest BCUT2D eigenvalue weighted by Crippen LogP contribution is -2.46. The lowest BCUT2D eigenvalue weighted by molar-refractivity contribution is -0.139. The molecule has 0 aromatic heterocycles. The molecule has 0 aliphatic rings. The smallest absolute Gasteiger partial charge is 0.338 e. The van der Waals surface area contributed by atoms with Gasteiger partial charge in [-0.15, -0.1) is 0 Å². The van der Waals surface area contributed by atoms with E-state index in [1.807, 2.05) is 27.7 Å². The summed E-state index contributed by atoms with van der Waals surface area (Å²) in [6.45, 7) is 16.0. The second kappa shape index (κ2) is 10.1. The third-order valence-corrected chi connectivity index (χ3v) is 6.99. The van der Waals surface area contributed by atoms with E-state index in [-0.39, 0.29) is 18.2 Å². The summed E-state index contributed by atoms with van der Waals surface area (Å²) in [5, 5.41) is 0. The average Bonchev–Trinajstić information content (AvgIpc) is 2.32. The van der Waals surface area contributed by atoms with Gasteiger partial charge in [0, 0.05) is 17.8 Å². The van der Waals surface area contributed by atoms with E-state index in [9.17, 15) is 4.79 Å². The van der Waals surface area contributed by atoms with Crippen LogP contribution in [0.1, 0.15) is 54.4 Å². The molecule has 0 aromatic carbocycles. The Balaban J connectivity index is 4.56. The third-order valence-electron chi connectivity index (χ3n) is 2.82. The number of esters is 1. The standard InChI is InChI=1S/C16H32O4Si/c1-8-11-21(19-14(4)5,20-15(6)7)12-9-10-18-16(17)13(2)3/h14-15H,2,8-12H2,1,3-7H3. The Morgan fingerprint density at radius 3 is 2.00 bits per heavy atom. The van der Waals surface area contributed by atoms with Crippen molar-refractivity contribution in [1.82, 2.24) is 0 Å². The zero-order chi connectivity index (χ0) is 16.5. The van der Waals surface area contributed by atoms with Crippen molar-refractivity contribution in [3.8, 4) is 0 Å². The van der Waals surface area contributed by atoms with Gasteiger partial charge in [0.1, 0.15) is 0 Å². The van der Waals surface area contributed by atoms with E-state index in [4.69, 9.17) is 13.6 Å². The van der Waals surface area contributed by atoms with Crippen LogP contribution in [-0.2, 0) is 18.4 Å². The van der Waals surface area contributed by atoms with Gasteiger partial charge in [-0.05, 0) is 53.1 Å². The van der Waals surface area contributed by atoms with Crippen LogP contribution in [0.15, 0.2) is 12.2 Å². The van der Waals surface area contributed by atoms with E-state index in [0.717, 1.165) is 24.9 Å². The summed E-state index contributed by atoms with van der Waals surface area (Å²) in [6.07, 6.45) is 2.11. The molecule has 4 nitrogen and oxygen atoms in total. The molecule has 0 saturated carbocycles. The summed E-state index contributed by atoms with van der Waals surface area (Å²) >= 11 is 0. The largest absolute Gasteiger partial charge is 0.462 e. The first-order valence-corrected chi connectivity index (χ1v) is 10.1. The zero-order valence-corrected chi connectivity index (χ0v) is 15.5. The molecule has 0 atom stereocenters. The van der Waals surface area contributed by atoms with Gasteiger partial charge in [0.15, 0.2) is 0 Å². The van der Waals surface area contributed by atoms with Crippen molar-refractivity contribution < 1.29 is 18.4 Å². The fourth-order valence-corrected chi connectivity index (χ4v) is 6.20. The Labute approximate surface area is 131 Å². The Bertz CT molecular complexity index is 316. The maximum absolute atomic E-state index is 11.4. The minimum Gasteiger partial charge on any atom is -0.462 e. The highest BCUT2D eigenvalue weighted by atomic mass is 28.4. The monoisotopic (exact) mass is 316 g/mol. The molecule has 0 heterocycles. The predicted molar refractivity (Wildman–Crippen MR) is 88.5 cm³/mol. The molecule has 124 valence electrons. The average molecular weight is 317 g/mol. The van der Waals surface area contributed by atoms with Crippen molar-refractivity contribution in [2.75, 3.05) is 6.61 Å². The van der Waals surface area contributed by atoms with Crippen LogP contribution in [0.5, 0.6) is 0 Å². The van der Waals surface area contributed by atoms with Crippen molar-refractivity contribution in [2.24, 2.45) is 0 Å². The molecule has 21 heavy (non-hydrogen) atoms. The van der Waals surface area contributed by atoms with E-state index in [1.165, 1.54) is 0 Å². The normalized spacial score (nSPS) is 12.0. The Morgan fingerprint density at radius 2 is 1.62 bits per heavy atom. The first-order valence-electron chi connectivity index (χ1n) is 7.90. The summed E-state index contributed by atoms with van der Waals surface area (Å²) in [5.74, 6) is -0.327. The Kier molecular flexibility index (Phi) is 9.82. The first-order chi connectivity index (χ1) is 9.72. The summed E-state index contributed by atoms with van der Waals surface area (Å²) in [5.41, 5.74) is 0.434. The molecular formula is C16H32O4Si. The summed E-state index contributed by atoms with van der Waals surface area (Å²) < 4.78 is 17.6. The van der Waals surface area contributed by atoms with Gasteiger partial charge in [-0.1, -0.05) is 19.9 Å². The van der Waals surface area contributed by atoms with E-state index in [1.54, 1.807) is 6.92 Å². The first kappa shape index (κ1) is 20.3. The highest BCUT2D eigenvalue weighted by Gasteiger charge is 2.38. The number of ether oxygens (including phenoxy) is 1.